The molecular formula is C23H22ClNO. The van der Waals surface area contributed by atoms with Crippen molar-refractivity contribution >= 4 is 17.5 Å². The molecule has 0 aliphatic rings. The van der Waals surface area contributed by atoms with E-state index in [0.29, 0.717) is 13.0 Å². The summed E-state index contributed by atoms with van der Waals surface area (Å²) in [4.78, 5) is 12.5. The van der Waals surface area contributed by atoms with Crippen LogP contribution < -0.4 is 5.32 Å². The van der Waals surface area contributed by atoms with E-state index < -0.39 is 0 Å². The van der Waals surface area contributed by atoms with E-state index in [1.165, 1.54) is 0 Å². The molecule has 1 amide bonds. The molecule has 0 unspecified atom stereocenters. The standard InChI is InChI=1S/C23H22ClNO/c24-21-13-7-8-18(16-21)14-15-25-23(26)17-22(19-9-3-1-4-10-19)20-11-5-2-6-12-20/h1-13,16,22H,14-15,17H2,(H,25,26). The van der Waals surface area contributed by atoms with E-state index in [1.807, 2.05) is 60.7 Å². The van der Waals surface area contributed by atoms with Gasteiger partial charge in [-0.15, -0.1) is 0 Å². The average molecular weight is 364 g/mol. The summed E-state index contributed by atoms with van der Waals surface area (Å²) in [6, 6.07) is 28.1. The molecule has 1 N–H and O–H groups in total. The predicted molar refractivity (Wildman–Crippen MR) is 108 cm³/mol. The SMILES string of the molecule is O=C(CC(c1ccccc1)c1ccccc1)NCCc1cccc(Cl)c1. The van der Waals surface area contributed by atoms with Gasteiger partial charge in [-0.2, -0.15) is 0 Å². The van der Waals surface area contributed by atoms with Gasteiger partial charge >= 0.3 is 0 Å². The Kier molecular flexibility index (Phi) is 6.45. The number of nitrogens with one attached hydrogen (secondary N) is 1. The zero-order chi connectivity index (χ0) is 18.2. The van der Waals surface area contributed by atoms with E-state index in [-0.39, 0.29) is 11.8 Å². The van der Waals surface area contributed by atoms with Crippen LogP contribution in [0.1, 0.15) is 29.0 Å². The molecule has 26 heavy (non-hydrogen) atoms. The smallest absolute Gasteiger partial charge is 0.220 e. The highest BCUT2D eigenvalue weighted by atomic mass is 35.5. The molecule has 3 heteroatoms. The summed E-state index contributed by atoms with van der Waals surface area (Å²) in [6.07, 6.45) is 1.21. The van der Waals surface area contributed by atoms with Crippen LogP contribution in [0.5, 0.6) is 0 Å². The number of amides is 1. The third-order valence-corrected chi connectivity index (χ3v) is 4.65. The van der Waals surface area contributed by atoms with Crippen LogP contribution in [0.4, 0.5) is 0 Å². The first kappa shape index (κ1) is 18.2. The summed E-state index contributed by atoms with van der Waals surface area (Å²) >= 11 is 6.00. The molecule has 2 nitrogen and oxygen atoms in total. The Balaban J connectivity index is 1.62. The lowest BCUT2D eigenvalue weighted by atomic mass is 9.88. The van der Waals surface area contributed by atoms with Gasteiger partial charge in [-0.1, -0.05) is 84.4 Å². The van der Waals surface area contributed by atoms with Gasteiger partial charge in [0.25, 0.3) is 0 Å². The molecule has 0 saturated heterocycles. The minimum atomic E-state index is 0.0589. The number of halogens is 1. The molecule has 0 aliphatic carbocycles. The van der Waals surface area contributed by atoms with Crippen molar-refractivity contribution in [1.82, 2.24) is 5.32 Å². The fourth-order valence-electron chi connectivity index (χ4n) is 3.10. The largest absolute Gasteiger partial charge is 0.356 e. The summed E-state index contributed by atoms with van der Waals surface area (Å²) in [5.74, 6) is 0.119. The average Bonchev–Trinajstić information content (AvgIpc) is 2.67. The minimum absolute atomic E-state index is 0.0589. The van der Waals surface area contributed by atoms with E-state index in [1.54, 1.807) is 0 Å². The zero-order valence-corrected chi connectivity index (χ0v) is 15.3. The molecule has 3 rings (SSSR count). The highest BCUT2D eigenvalue weighted by Crippen LogP contribution is 2.27. The summed E-state index contributed by atoms with van der Waals surface area (Å²) in [5.41, 5.74) is 3.44. The number of benzene rings is 3. The number of carbonyl (C=O) groups excluding carboxylic acids is 1. The molecule has 132 valence electrons. The van der Waals surface area contributed by atoms with Crippen molar-refractivity contribution in [3.05, 3.63) is 107 Å². The summed E-state index contributed by atoms with van der Waals surface area (Å²) in [6.45, 7) is 0.607. The normalized spacial score (nSPS) is 10.7. The number of hydrogen-bond acceptors (Lipinski definition) is 1. The van der Waals surface area contributed by atoms with Gasteiger partial charge in [-0.3, -0.25) is 4.79 Å². The first-order valence-electron chi connectivity index (χ1n) is 8.83. The monoisotopic (exact) mass is 363 g/mol. The van der Waals surface area contributed by atoms with E-state index in [0.717, 1.165) is 28.1 Å². The van der Waals surface area contributed by atoms with Crippen molar-refractivity contribution in [1.29, 1.82) is 0 Å². The predicted octanol–water partition coefficient (Wildman–Crippen LogP) is 5.22. The first-order chi connectivity index (χ1) is 12.7. The van der Waals surface area contributed by atoms with Crippen LogP contribution >= 0.6 is 11.6 Å². The van der Waals surface area contributed by atoms with Crippen molar-refractivity contribution in [2.24, 2.45) is 0 Å². The number of carbonyl (C=O) groups is 1. The third kappa shape index (κ3) is 5.21. The van der Waals surface area contributed by atoms with Gasteiger partial charge in [0.15, 0.2) is 0 Å². The molecule has 0 spiro atoms. The Hall–Kier alpha value is -2.58. The molecular weight excluding hydrogens is 342 g/mol. The first-order valence-corrected chi connectivity index (χ1v) is 9.21. The number of rotatable bonds is 7. The highest BCUT2D eigenvalue weighted by molar-refractivity contribution is 6.30. The molecule has 0 aromatic heterocycles. The Morgan fingerprint density at radius 2 is 1.46 bits per heavy atom. The van der Waals surface area contributed by atoms with Gasteiger partial charge in [0.2, 0.25) is 5.91 Å². The lowest BCUT2D eigenvalue weighted by Gasteiger charge is -2.18. The molecule has 0 saturated carbocycles. The van der Waals surface area contributed by atoms with Crippen LogP contribution in [0.3, 0.4) is 0 Å². The van der Waals surface area contributed by atoms with Crippen LogP contribution in [0, 0.1) is 0 Å². The van der Waals surface area contributed by atoms with Crippen LogP contribution in [0.2, 0.25) is 5.02 Å². The topological polar surface area (TPSA) is 29.1 Å². The zero-order valence-electron chi connectivity index (χ0n) is 14.6. The highest BCUT2D eigenvalue weighted by Gasteiger charge is 2.17. The van der Waals surface area contributed by atoms with Gasteiger partial charge < -0.3 is 5.32 Å². The summed E-state index contributed by atoms with van der Waals surface area (Å²) in [7, 11) is 0. The third-order valence-electron chi connectivity index (χ3n) is 4.42. The quantitative estimate of drug-likeness (QED) is 0.612. The van der Waals surface area contributed by atoms with Crippen LogP contribution in [0.25, 0.3) is 0 Å². The van der Waals surface area contributed by atoms with E-state index in [9.17, 15) is 4.79 Å². The van der Waals surface area contributed by atoms with Crippen molar-refractivity contribution in [2.45, 2.75) is 18.8 Å². The van der Waals surface area contributed by atoms with Crippen LogP contribution in [-0.4, -0.2) is 12.5 Å². The molecule has 0 heterocycles. The van der Waals surface area contributed by atoms with Crippen molar-refractivity contribution < 1.29 is 4.79 Å². The van der Waals surface area contributed by atoms with Crippen molar-refractivity contribution in [3.63, 3.8) is 0 Å². The van der Waals surface area contributed by atoms with Gasteiger partial charge in [0, 0.05) is 23.9 Å². The second-order valence-electron chi connectivity index (χ2n) is 6.31. The second-order valence-corrected chi connectivity index (χ2v) is 6.74. The van der Waals surface area contributed by atoms with E-state index >= 15 is 0 Å². The van der Waals surface area contributed by atoms with Gasteiger partial charge in [-0.25, -0.2) is 0 Å². The maximum absolute atomic E-state index is 12.5. The summed E-state index contributed by atoms with van der Waals surface area (Å²) < 4.78 is 0. The van der Waals surface area contributed by atoms with Gasteiger partial charge in [-0.05, 0) is 35.2 Å². The van der Waals surface area contributed by atoms with Gasteiger partial charge in [0.05, 0.1) is 0 Å². The Morgan fingerprint density at radius 1 is 0.846 bits per heavy atom. The Bertz CT molecular complexity index is 794. The summed E-state index contributed by atoms with van der Waals surface area (Å²) in [5, 5.41) is 3.76. The lowest BCUT2D eigenvalue weighted by molar-refractivity contribution is -0.121. The maximum Gasteiger partial charge on any atom is 0.220 e. The Morgan fingerprint density at radius 3 is 2.04 bits per heavy atom. The fraction of sp³-hybridized carbons (Fsp3) is 0.174. The van der Waals surface area contributed by atoms with Crippen LogP contribution in [-0.2, 0) is 11.2 Å². The van der Waals surface area contributed by atoms with E-state index in [2.05, 4.69) is 29.6 Å². The molecule has 0 fully saturated rings. The van der Waals surface area contributed by atoms with Crippen molar-refractivity contribution in [3.8, 4) is 0 Å². The molecule has 0 atom stereocenters. The molecule has 0 bridgehead atoms. The van der Waals surface area contributed by atoms with E-state index in [4.69, 9.17) is 11.6 Å². The maximum atomic E-state index is 12.5. The molecule has 3 aromatic rings. The number of hydrogen-bond donors (Lipinski definition) is 1. The fourth-order valence-corrected chi connectivity index (χ4v) is 3.31. The van der Waals surface area contributed by atoms with Crippen molar-refractivity contribution in [2.75, 3.05) is 6.54 Å². The van der Waals surface area contributed by atoms with Gasteiger partial charge in [0.1, 0.15) is 0 Å². The lowest BCUT2D eigenvalue weighted by Crippen LogP contribution is -2.27. The van der Waals surface area contributed by atoms with Crippen LogP contribution in [0.15, 0.2) is 84.9 Å². The second kappa shape index (κ2) is 9.21. The molecule has 0 radical (unpaired) electrons. The molecule has 0 aliphatic heterocycles. The molecule has 3 aromatic carbocycles. The Labute approximate surface area is 159 Å². The minimum Gasteiger partial charge on any atom is -0.356 e.